The Labute approximate surface area is 141 Å². The highest BCUT2D eigenvalue weighted by Crippen LogP contribution is 2.13. The van der Waals surface area contributed by atoms with E-state index in [1.807, 2.05) is 25.1 Å². The summed E-state index contributed by atoms with van der Waals surface area (Å²) in [5.41, 5.74) is 0.769. The highest BCUT2D eigenvalue weighted by molar-refractivity contribution is 7.89. The molecule has 24 heavy (non-hydrogen) atoms. The standard InChI is InChI=1S/C17H20N2O4S/c1-2-16(23-14-6-4-3-5-7-14)17(20)19-12-13-8-10-15(11-9-13)24(18,21)22/h3-11,16H,2,12H2,1H3,(H,19,20)(H2,18,21,22)/t16-/m1/s1. The topological polar surface area (TPSA) is 98.5 Å². The van der Waals surface area contributed by atoms with E-state index in [0.29, 0.717) is 12.2 Å². The number of sulfonamides is 1. The lowest BCUT2D eigenvalue weighted by Gasteiger charge is -2.17. The number of hydrogen-bond donors (Lipinski definition) is 2. The van der Waals surface area contributed by atoms with Gasteiger partial charge in [-0.25, -0.2) is 13.6 Å². The van der Waals surface area contributed by atoms with Crippen LogP contribution in [-0.4, -0.2) is 20.4 Å². The maximum atomic E-state index is 12.2. The van der Waals surface area contributed by atoms with Crippen molar-refractivity contribution in [2.75, 3.05) is 0 Å². The number of amides is 1. The Morgan fingerprint density at radius 1 is 1.12 bits per heavy atom. The van der Waals surface area contributed by atoms with E-state index in [4.69, 9.17) is 9.88 Å². The number of benzene rings is 2. The average molecular weight is 348 g/mol. The number of carbonyl (C=O) groups excluding carboxylic acids is 1. The van der Waals surface area contributed by atoms with Crippen LogP contribution in [0.5, 0.6) is 5.75 Å². The first-order valence-corrected chi connectivity index (χ1v) is 9.06. The van der Waals surface area contributed by atoms with Crippen LogP contribution in [0.3, 0.4) is 0 Å². The minimum absolute atomic E-state index is 0.0384. The number of ether oxygens (including phenoxy) is 1. The molecule has 1 amide bonds. The summed E-state index contributed by atoms with van der Waals surface area (Å²) in [5.74, 6) is 0.411. The smallest absolute Gasteiger partial charge is 0.261 e. The molecule has 0 fully saturated rings. The Hall–Kier alpha value is -2.38. The molecule has 0 spiro atoms. The molecular weight excluding hydrogens is 328 g/mol. The van der Waals surface area contributed by atoms with Crippen LogP contribution in [-0.2, 0) is 21.4 Å². The van der Waals surface area contributed by atoms with Gasteiger partial charge in [0.2, 0.25) is 10.0 Å². The summed E-state index contributed by atoms with van der Waals surface area (Å²) in [7, 11) is -3.71. The predicted molar refractivity (Wildman–Crippen MR) is 90.8 cm³/mol. The Kier molecular flexibility index (Phi) is 5.94. The van der Waals surface area contributed by atoms with Crippen molar-refractivity contribution in [3.63, 3.8) is 0 Å². The van der Waals surface area contributed by atoms with Crippen molar-refractivity contribution in [3.05, 3.63) is 60.2 Å². The molecular formula is C17H20N2O4S. The number of carbonyl (C=O) groups is 1. The third-order valence-corrected chi connectivity index (χ3v) is 4.33. The van der Waals surface area contributed by atoms with Crippen molar-refractivity contribution in [1.29, 1.82) is 0 Å². The zero-order valence-corrected chi connectivity index (χ0v) is 14.1. The number of primary sulfonamides is 1. The SMILES string of the molecule is CC[C@@H](Oc1ccccc1)C(=O)NCc1ccc(S(N)(=O)=O)cc1. The summed E-state index contributed by atoms with van der Waals surface area (Å²) >= 11 is 0. The summed E-state index contributed by atoms with van der Waals surface area (Å²) in [4.78, 5) is 12.3. The molecule has 0 bridgehead atoms. The molecule has 0 heterocycles. The van der Waals surface area contributed by atoms with E-state index < -0.39 is 16.1 Å². The lowest BCUT2D eigenvalue weighted by molar-refractivity contribution is -0.128. The van der Waals surface area contributed by atoms with Crippen LogP contribution in [0.2, 0.25) is 0 Å². The summed E-state index contributed by atoms with van der Waals surface area (Å²) in [6, 6.07) is 15.2. The Morgan fingerprint density at radius 2 is 1.75 bits per heavy atom. The minimum Gasteiger partial charge on any atom is -0.481 e. The van der Waals surface area contributed by atoms with Gasteiger partial charge in [0, 0.05) is 6.54 Å². The molecule has 2 aromatic rings. The van der Waals surface area contributed by atoms with Gasteiger partial charge in [0.05, 0.1) is 4.90 Å². The van der Waals surface area contributed by atoms with Crippen molar-refractivity contribution in [2.45, 2.75) is 30.9 Å². The number of rotatable bonds is 7. The molecule has 0 saturated heterocycles. The molecule has 0 aliphatic rings. The van der Waals surface area contributed by atoms with E-state index in [1.165, 1.54) is 12.1 Å². The highest BCUT2D eigenvalue weighted by atomic mass is 32.2. The maximum absolute atomic E-state index is 12.2. The Morgan fingerprint density at radius 3 is 2.29 bits per heavy atom. The van der Waals surface area contributed by atoms with Gasteiger partial charge in [-0.15, -0.1) is 0 Å². The van der Waals surface area contributed by atoms with Crippen molar-refractivity contribution >= 4 is 15.9 Å². The van der Waals surface area contributed by atoms with Crippen LogP contribution < -0.4 is 15.2 Å². The van der Waals surface area contributed by atoms with Gasteiger partial charge in [0.15, 0.2) is 6.10 Å². The van der Waals surface area contributed by atoms with Crippen LogP contribution in [0.15, 0.2) is 59.5 Å². The average Bonchev–Trinajstić information content (AvgIpc) is 2.58. The zero-order chi connectivity index (χ0) is 17.6. The van der Waals surface area contributed by atoms with Crippen LogP contribution in [0, 0.1) is 0 Å². The molecule has 0 saturated carbocycles. The maximum Gasteiger partial charge on any atom is 0.261 e. The molecule has 0 unspecified atom stereocenters. The van der Waals surface area contributed by atoms with Gasteiger partial charge >= 0.3 is 0 Å². The van der Waals surface area contributed by atoms with Gasteiger partial charge in [0.1, 0.15) is 5.75 Å². The van der Waals surface area contributed by atoms with Crippen LogP contribution in [0.25, 0.3) is 0 Å². The normalized spacial score (nSPS) is 12.4. The van der Waals surface area contributed by atoms with E-state index >= 15 is 0 Å². The molecule has 7 heteroatoms. The van der Waals surface area contributed by atoms with Crippen molar-refractivity contribution in [2.24, 2.45) is 5.14 Å². The number of hydrogen-bond acceptors (Lipinski definition) is 4. The first-order valence-electron chi connectivity index (χ1n) is 7.51. The quantitative estimate of drug-likeness (QED) is 0.797. The van der Waals surface area contributed by atoms with Gasteiger partial charge in [0.25, 0.3) is 5.91 Å². The molecule has 0 aliphatic heterocycles. The summed E-state index contributed by atoms with van der Waals surface area (Å²) in [6.07, 6.45) is -0.0541. The van der Waals surface area contributed by atoms with Gasteiger partial charge in [-0.3, -0.25) is 4.79 Å². The number of nitrogens with one attached hydrogen (secondary N) is 1. The second kappa shape index (κ2) is 7.94. The van der Waals surface area contributed by atoms with E-state index in [2.05, 4.69) is 5.32 Å². The highest BCUT2D eigenvalue weighted by Gasteiger charge is 2.18. The van der Waals surface area contributed by atoms with Crippen molar-refractivity contribution in [3.8, 4) is 5.75 Å². The molecule has 0 aliphatic carbocycles. The lowest BCUT2D eigenvalue weighted by Crippen LogP contribution is -2.37. The van der Waals surface area contributed by atoms with Crippen LogP contribution >= 0.6 is 0 Å². The molecule has 1 atom stereocenters. The van der Waals surface area contributed by atoms with Gasteiger partial charge in [-0.05, 0) is 36.2 Å². The van der Waals surface area contributed by atoms with Crippen molar-refractivity contribution in [1.82, 2.24) is 5.32 Å². The van der Waals surface area contributed by atoms with Gasteiger partial charge < -0.3 is 10.1 Å². The molecule has 6 nitrogen and oxygen atoms in total. The van der Waals surface area contributed by atoms with E-state index in [-0.39, 0.29) is 17.3 Å². The fourth-order valence-corrected chi connectivity index (χ4v) is 2.60. The van der Waals surface area contributed by atoms with Crippen LogP contribution in [0.4, 0.5) is 0 Å². The van der Waals surface area contributed by atoms with Crippen LogP contribution in [0.1, 0.15) is 18.9 Å². The molecule has 2 aromatic carbocycles. The zero-order valence-electron chi connectivity index (χ0n) is 13.3. The summed E-state index contributed by atoms with van der Waals surface area (Å²) in [6.45, 7) is 2.15. The number of nitrogens with two attached hydrogens (primary N) is 1. The Bertz CT molecular complexity index is 774. The van der Waals surface area contributed by atoms with Crippen molar-refractivity contribution < 1.29 is 17.9 Å². The summed E-state index contributed by atoms with van der Waals surface area (Å²) < 4.78 is 28.1. The first-order chi connectivity index (χ1) is 11.4. The van der Waals surface area contributed by atoms with E-state index in [0.717, 1.165) is 5.56 Å². The third kappa shape index (κ3) is 5.07. The lowest BCUT2D eigenvalue weighted by atomic mass is 10.2. The Balaban J connectivity index is 1.93. The molecule has 3 N–H and O–H groups in total. The second-order valence-corrected chi connectivity index (χ2v) is 6.80. The molecule has 0 aromatic heterocycles. The van der Waals surface area contributed by atoms with E-state index in [9.17, 15) is 13.2 Å². The first kappa shape index (κ1) is 18.0. The predicted octanol–water partition coefficient (Wildman–Crippen LogP) is 1.81. The fourth-order valence-electron chi connectivity index (χ4n) is 2.09. The number of para-hydroxylation sites is 1. The largest absolute Gasteiger partial charge is 0.481 e. The molecule has 0 radical (unpaired) electrons. The fraction of sp³-hybridized carbons (Fsp3) is 0.235. The summed E-state index contributed by atoms with van der Waals surface area (Å²) in [5, 5.41) is 7.83. The third-order valence-electron chi connectivity index (χ3n) is 3.40. The molecule has 128 valence electrons. The molecule has 2 rings (SSSR count). The van der Waals surface area contributed by atoms with E-state index in [1.54, 1.807) is 24.3 Å². The minimum atomic E-state index is -3.71. The van der Waals surface area contributed by atoms with Gasteiger partial charge in [-0.1, -0.05) is 37.3 Å². The second-order valence-electron chi connectivity index (χ2n) is 5.23. The van der Waals surface area contributed by atoms with Gasteiger partial charge in [-0.2, -0.15) is 0 Å². The monoisotopic (exact) mass is 348 g/mol.